The average Bonchev–Trinajstić information content (AvgIpc) is 4.23. The van der Waals surface area contributed by atoms with Gasteiger partial charge in [-0.1, -0.05) is 30.3 Å². The van der Waals surface area contributed by atoms with Crippen molar-refractivity contribution in [3.8, 4) is 5.75 Å². The number of likely N-dealkylation sites (tertiary alicyclic amines) is 1. The first-order valence-corrected chi connectivity index (χ1v) is 21.9. The molecule has 5 heterocycles. The molecule has 0 radical (unpaired) electrons. The van der Waals surface area contributed by atoms with Crippen LogP contribution < -0.4 is 15.4 Å². The third-order valence-corrected chi connectivity index (χ3v) is 13.7. The number of rotatable bonds is 11. The molecule has 63 heavy (non-hydrogen) atoms. The van der Waals surface area contributed by atoms with Gasteiger partial charge in [0.05, 0.1) is 18.3 Å². The van der Waals surface area contributed by atoms with Crippen molar-refractivity contribution >= 4 is 29.5 Å². The Morgan fingerprint density at radius 1 is 0.984 bits per heavy atom. The Morgan fingerprint density at radius 3 is 2.32 bits per heavy atom. The van der Waals surface area contributed by atoms with Gasteiger partial charge in [0.15, 0.2) is 6.10 Å². The van der Waals surface area contributed by atoms with Gasteiger partial charge in [-0.05, 0) is 79.9 Å². The fourth-order valence-corrected chi connectivity index (χ4v) is 10.00. The minimum absolute atomic E-state index is 0.0153. The molecule has 2 N–H and O–H groups in total. The Labute approximate surface area is 361 Å². The normalized spacial score (nSPS) is 24.4. The standard InChI is InChI=1S/C45H52F4N6O8/c1-53-33(11-16-50-53)40(56)52-38(37(27-7-8-27)28-9-10-28)41(57)51-32-22-35-30(21-31(32)46)34(55-24-36(45(47,48)49)62-39(42(55)58)29-12-19-60-20-13-29)23-44(63-35)14-17-54(18-15-44)43(59)61-25-26-5-3-2-4-6-26/h2-6,11,16,21-22,27-29,34,36-39H,7-10,12-15,17-20,23-25H2,1H3,(H,51,57)(H,52,56)/t34?,36?,38-,39?/m0/s1. The van der Waals surface area contributed by atoms with E-state index in [4.69, 9.17) is 18.9 Å². The molecule has 1 spiro atoms. The number of carbonyl (C=O) groups excluding carboxylic acids is 4. The van der Waals surface area contributed by atoms with E-state index in [0.717, 1.165) is 37.3 Å². The lowest BCUT2D eigenvalue weighted by Gasteiger charge is -2.51. The first-order chi connectivity index (χ1) is 30.3. The molecule has 3 unspecified atom stereocenters. The van der Waals surface area contributed by atoms with Crippen LogP contribution in [0.2, 0.25) is 0 Å². The summed E-state index contributed by atoms with van der Waals surface area (Å²) in [4.78, 5) is 58.2. The highest BCUT2D eigenvalue weighted by atomic mass is 19.4. The number of amides is 4. The summed E-state index contributed by atoms with van der Waals surface area (Å²) in [7, 11) is 1.62. The second kappa shape index (κ2) is 17.4. The van der Waals surface area contributed by atoms with E-state index in [1.807, 2.05) is 30.3 Å². The van der Waals surface area contributed by atoms with Crippen LogP contribution in [0.25, 0.3) is 0 Å². The van der Waals surface area contributed by atoms with Crippen LogP contribution in [0.15, 0.2) is 54.7 Å². The number of hydrogen-bond acceptors (Lipinski definition) is 9. The number of halogens is 4. The summed E-state index contributed by atoms with van der Waals surface area (Å²) in [6, 6.07) is 11.1. The van der Waals surface area contributed by atoms with Gasteiger partial charge in [0.2, 0.25) is 5.91 Å². The zero-order chi connectivity index (χ0) is 44.0. The first-order valence-electron chi connectivity index (χ1n) is 21.9. The predicted molar refractivity (Wildman–Crippen MR) is 217 cm³/mol. The zero-order valence-electron chi connectivity index (χ0n) is 35.0. The highest BCUT2D eigenvalue weighted by Crippen LogP contribution is 2.52. The minimum Gasteiger partial charge on any atom is -0.487 e. The van der Waals surface area contributed by atoms with E-state index in [-0.39, 0.29) is 92.6 Å². The number of aromatic nitrogens is 2. The molecule has 1 aromatic heterocycles. The summed E-state index contributed by atoms with van der Waals surface area (Å²) in [6.07, 6.45) is -2.80. The summed E-state index contributed by atoms with van der Waals surface area (Å²) >= 11 is 0. The van der Waals surface area contributed by atoms with E-state index in [0.29, 0.717) is 12.8 Å². The van der Waals surface area contributed by atoms with Crippen LogP contribution in [0.4, 0.5) is 28.0 Å². The molecule has 18 heteroatoms. The maximum Gasteiger partial charge on any atom is 0.416 e. The monoisotopic (exact) mass is 880 g/mol. The molecular weight excluding hydrogens is 829 g/mol. The molecular formula is C45H52F4N6O8. The number of morpholine rings is 1. The van der Waals surface area contributed by atoms with Crippen molar-refractivity contribution in [2.75, 3.05) is 38.2 Å². The Morgan fingerprint density at radius 2 is 1.68 bits per heavy atom. The topological polar surface area (TPSA) is 154 Å². The van der Waals surface area contributed by atoms with Crippen molar-refractivity contribution in [2.45, 2.75) is 100 Å². The lowest BCUT2D eigenvalue weighted by Crippen LogP contribution is -2.61. The van der Waals surface area contributed by atoms with E-state index < -0.39 is 78.2 Å². The molecule has 2 saturated carbocycles. The fourth-order valence-electron chi connectivity index (χ4n) is 10.00. The lowest BCUT2D eigenvalue weighted by molar-refractivity contribution is -0.259. The molecule has 6 aliphatic rings. The van der Waals surface area contributed by atoms with Gasteiger partial charge in [0, 0.05) is 70.4 Å². The number of aryl methyl sites for hydroxylation is 1. The van der Waals surface area contributed by atoms with Gasteiger partial charge in [-0.15, -0.1) is 0 Å². The first kappa shape index (κ1) is 43.0. The van der Waals surface area contributed by atoms with Gasteiger partial charge in [0.1, 0.15) is 41.6 Å². The van der Waals surface area contributed by atoms with Gasteiger partial charge in [-0.2, -0.15) is 18.3 Å². The molecule has 338 valence electrons. The number of carbonyl (C=O) groups is 4. The highest BCUT2D eigenvalue weighted by molar-refractivity contribution is 6.01. The molecule has 3 saturated heterocycles. The van der Waals surface area contributed by atoms with Gasteiger partial charge in [0.25, 0.3) is 11.8 Å². The van der Waals surface area contributed by atoms with Crippen LogP contribution in [0, 0.1) is 29.5 Å². The van der Waals surface area contributed by atoms with Gasteiger partial charge in [-0.25, -0.2) is 9.18 Å². The molecule has 4 amide bonds. The van der Waals surface area contributed by atoms with Crippen molar-refractivity contribution in [3.63, 3.8) is 0 Å². The van der Waals surface area contributed by atoms with E-state index in [9.17, 15) is 32.3 Å². The second-order valence-corrected chi connectivity index (χ2v) is 18.0. The molecule has 4 atom stereocenters. The van der Waals surface area contributed by atoms with Gasteiger partial charge in [-0.3, -0.25) is 19.1 Å². The number of benzene rings is 2. The van der Waals surface area contributed by atoms with Crippen molar-refractivity contribution in [1.82, 2.24) is 24.9 Å². The van der Waals surface area contributed by atoms with Crippen LogP contribution >= 0.6 is 0 Å². The maximum absolute atomic E-state index is 16.6. The van der Waals surface area contributed by atoms with Crippen LogP contribution in [-0.2, 0) is 37.5 Å². The SMILES string of the molecule is Cn1nccc1C(=O)N[C@H](C(=O)Nc1cc2c(cc1F)C(N1CC(C(F)(F)F)OC(C3CCOCC3)C1=O)CC1(CCN(C(=O)OCc3ccccc3)CC1)O2)C(C1CC1)C1CC1. The summed E-state index contributed by atoms with van der Waals surface area (Å²) in [5, 5.41) is 9.73. The number of ether oxygens (including phenoxy) is 4. The summed E-state index contributed by atoms with van der Waals surface area (Å²) < 4.78 is 85.2. The number of anilines is 1. The van der Waals surface area contributed by atoms with Crippen molar-refractivity contribution < 1.29 is 55.7 Å². The molecule has 0 bridgehead atoms. The fraction of sp³-hybridized carbons (Fsp3) is 0.578. The number of nitrogens with zero attached hydrogens (tertiary/aromatic N) is 4. The largest absolute Gasteiger partial charge is 0.487 e. The number of nitrogens with one attached hydrogen (secondary N) is 2. The molecule has 4 aliphatic heterocycles. The predicted octanol–water partition coefficient (Wildman–Crippen LogP) is 6.31. The average molecular weight is 881 g/mol. The highest BCUT2D eigenvalue weighted by Gasteiger charge is 2.55. The van der Waals surface area contributed by atoms with Crippen LogP contribution in [0.1, 0.15) is 85.4 Å². The van der Waals surface area contributed by atoms with Gasteiger partial charge < -0.3 is 39.4 Å². The summed E-state index contributed by atoms with van der Waals surface area (Å²) in [6.45, 7) is 0.151. The number of piperidine rings is 1. The number of hydrogen-bond donors (Lipinski definition) is 2. The second-order valence-electron chi connectivity index (χ2n) is 18.0. The van der Waals surface area contributed by atoms with E-state index in [1.165, 1.54) is 26.7 Å². The number of alkyl halides is 3. The molecule has 9 rings (SSSR count). The number of fused-ring (bicyclic) bond motifs is 1. The minimum atomic E-state index is -4.81. The smallest absolute Gasteiger partial charge is 0.416 e. The Hall–Kier alpha value is -5.23. The quantitative estimate of drug-likeness (QED) is 0.211. The van der Waals surface area contributed by atoms with Crippen molar-refractivity contribution in [1.29, 1.82) is 0 Å². The molecule has 2 aliphatic carbocycles. The Balaban J connectivity index is 1.02. The van der Waals surface area contributed by atoms with Crippen LogP contribution in [-0.4, -0.2) is 106 Å². The van der Waals surface area contributed by atoms with Gasteiger partial charge >= 0.3 is 12.3 Å². The molecule has 2 aromatic carbocycles. The molecule has 14 nitrogen and oxygen atoms in total. The third kappa shape index (κ3) is 9.24. The van der Waals surface area contributed by atoms with E-state index in [2.05, 4.69) is 15.7 Å². The molecule has 3 aromatic rings. The Kier molecular flexibility index (Phi) is 11.9. The third-order valence-electron chi connectivity index (χ3n) is 13.7. The van der Waals surface area contributed by atoms with Crippen molar-refractivity contribution in [3.05, 3.63) is 77.4 Å². The Bertz CT molecular complexity index is 2170. The van der Waals surface area contributed by atoms with Crippen molar-refractivity contribution in [2.24, 2.45) is 30.7 Å². The van der Waals surface area contributed by atoms with E-state index in [1.54, 1.807) is 13.1 Å². The summed E-state index contributed by atoms with van der Waals surface area (Å²) in [5.74, 6) is -2.80. The lowest BCUT2D eigenvalue weighted by atomic mass is 9.79. The van der Waals surface area contributed by atoms with Crippen LogP contribution in [0.3, 0.4) is 0 Å². The zero-order valence-corrected chi connectivity index (χ0v) is 35.0. The maximum atomic E-state index is 16.6. The van der Waals surface area contributed by atoms with E-state index >= 15 is 4.39 Å². The summed E-state index contributed by atoms with van der Waals surface area (Å²) in [5.41, 5.74) is -0.131. The van der Waals surface area contributed by atoms with Crippen LogP contribution in [0.5, 0.6) is 5.75 Å². The molecule has 5 fully saturated rings.